The zero-order chi connectivity index (χ0) is 20.0. The SMILES string of the molecule is N#Cc1ccccc1COC(=O)CCNS(=O)(=O)c1ccc2c(c1)CCCC2. The predicted molar refractivity (Wildman–Crippen MR) is 104 cm³/mol. The highest BCUT2D eigenvalue weighted by Gasteiger charge is 2.18. The molecule has 0 atom stereocenters. The molecule has 28 heavy (non-hydrogen) atoms. The Bertz CT molecular complexity index is 1010. The van der Waals surface area contributed by atoms with Crippen molar-refractivity contribution in [3.05, 3.63) is 64.7 Å². The minimum atomic E-state index is -3.67. The lowest BCUT2D eigenvalue weighted by Crippen LogP contribution is -2.27. The molecule has 0 aliphatic heterocycles. The van der Waals surface area contributed by atoms with E-state index < -0.39 is 16.0 Å². The van der Waals surface area contributed by atoms with Crippen molar-refractivity contribution in [2.45, 2.75) is 43.6 Å². The maximum Gasteiger partial charge on any atom is 0.307 e. The molecule has 1 N–H and O–H groups in total. The third kappa shape index (κ3) is 4.97. The first kappa shape index (κ1) is 20.1. The lowest BCUT2D eigenvalue weighted by molar-refractivity contribution is -0.144. The highest BCUT2D eigenvalue weighted by molar-refractivity contribution is 7.89. The molecule has 0 unspecified atom stereocenters. The minimum absolute atomic E-state index is 0.0138. The summed E-state index contributed by atoms with van der Waals surface area (Å²) in [5.74, 6) is -0.527. The number of sulfonamides is 1. The van der Waals surface area contributed by atoms with Crippen molar-refractivity contribution in [1.82, 2.24) is 4.72 Å². The number of fused-ring (bicyclic) bond motifs is 1. The predicted octanol–water partition coefficient (Wildman–Crippen LogP) is 2.85. The molecule has 1 aliphatic rings. The monoisotopic (exact) mass is 398 g/mol. The Kier molecular flexibility index (Phi) is 6.45. The van der Waals surface area contributed by atoms with E-state index in [2.05, 4.69) is 4.72 Å². The number of hydrogen-bond donors (Lipinski definition) is 1. The quantitative estimate of drug-likeness (QED) is 0.724. The number of aryl methyl sites for hydroxylation is 2. The van der Waals surface area contributed by atoms with E-state index in [1.807, 2.05) is 12.1 Å². The van der Waals surface area contributed by atoms with Crippen LogP contribution in [0.4, 0.5) is 0 Å². The number of nitrogens with one attached hydrogen (secondary N) is 1. The molecule has 0 heterocycles. The molecule has 3 rings (SSSR count). The summed E-state index contributed by atoms with van der Waals surface area (Å²) in [6.07, 6.45) is 4.01. The molecule has 0 spiro atoms. The maximum atomic E-state index is 12.5. The molecule has 2 aromatic carbocycles. The Hall–Kier alpha value is -2.69. The molecule has 6 nitrogen and oxygen atoms in total. The summed E-state index contributed by atoms with van der Waals surface area (Å²) in [5, 5.41) is 9.03. The summed E-state index contributed by atoms with van der Waals surface area (Å²) in [4.78, 5) is 12.1. The van der Waals surface area contributed by atoms with Crippen LogP contribution in [0.2, 0.25) is 0 Å². The van der Waals surface area contributed by atoms with Crippen molar-refractivity contribution in [3.8, 4) is 6.07 Å². The van der Waals surface area contributed by atoms with E-state index in [1.165, 1.54) is 5.56 Å². The van der Waals surface area contributed by atoms with Crippen LogP contribution in [0.5, 0.6) is 0 Å². The lowest BCUT2D eigenvalue weighted by atomic mass is 9.92. The third-order valence-electron chi connectivity index (χ3n) is 4.78. The number of rotatable bonds is 7. The van der Waals surface area contributed by atoms with E-state index in [1.54, 1.807) is 36.4 Å². The van der Waals surface area contributed by atoms with Crippen LogP contribution in [0.25, 0.3) is 0 Å². The zero-order valence-electron chi connectivity index (χ0n) is 15.5. The van der Waals surface area contributed by atoms with Gasteiger partial charge in [0.15, 0.2) is 0 Å². The molecule has 2 aromatic rings. The molecule has 0 fully saturated rings. The number of esters is 1. The lowest BCUT2D eigenvalue weighted by Gasteiger charge is -2.16. The normalized spacial score (nSPS) is 13.4. The molecule has 146 valence electrons. The van der Waals surface area contributed by atoms with Crippen LogP contribution in [0.3, 0.4) is 0 Å². The Labute approximate surface area is 165 Å². The number of ether oxygens (including phenoxy) is 1. The van der Waals surface area contributed by atoms with E-state index in [4.69, 9.17) is 10.00 Å². The summed E-state index contributed by atoms with van der Waals surface area (Å²) < 4.78 is 32.5. The molecule has 0 bridgehead atoms. The summed E-state index contributed by atoms with van der Waals surface area (Å²) in [6.45, 7) is -0.0573. The zero-order valence-corrected chi connectivity index (χ0v) is 16.3. The molecule has 0 aromatic heterocycles. The minimum Gasteiger partial charge on any atom is -0.461 e. The van der Waals surface area contributed by atoms with Gasteiger partial charge in [0.2, 0.25) is 10.0 Å². The molecule has 7 heteroatoms. The van der Waals surface area contributed by atoms with Gasteiger partial charge in [0.25, 0.3) is 0 Å². The van der Waals surface area contributed by atoms with Gasteiger partial charge in [-0.25, -0.2) is 13.1 Å². The van der Waals surface area contributed by atoms with Crippen molar-refractivity contribution in [2.24, 2.45) is 0 Å². The number of benzene rings is 2. The van der Waals surface area contributed by atoms with Crippen molar-refractivity contribution in [3.63, 3.8) is 0 Å². The van der Waals surface area contributed by atoms with Crippen molar-refractivity contribution >= 4 is 16.0 Å². The Morgan fingerprint density at radius 1 is 1.11 bits per heavy atom. The Morgan fingerprint density at radius 2 is 1.86 bits per heavy atom. The van der Waals surface area contributed by atoms with E-state index in [0.717, 1.165) is 31.2 Å². The van der Waals surface area contributed by atoms with Gasteiger partial charge in [0, 0.05) is 12.1 Å². The van der Waals surface area contributed by atoms with Gasteiger partial charge in [-0.3, -0.25) is 4.79 Å². The second-order valence-electron chi connectivity index (χ2n) is 6.72. The summed E-state index contributed by atoms with van der Waals surface area (Å²) in [6, 6.07) is 14.1. The first-order chi connectivity index (χ1) is 13.5. The van der Waals surface area contributed by atoms with Gasteiger partial charge >= 0.3 is 5.97 Å². The van der Waals surface area contributed by atoms with Crippen molar-refractivity contribution in [1.29, 1.82) is 5.26 Å². The second-order valence-corrected chi connectivity index (χ2v) is 8.48. The largest absolute Gasteiger partial charge is 0.461 e. The van der Waals surface area contributed by atoms with E-state index in [0.29, 0.717) is 11.1 Å². The van der Waals surface area contributed by atoms with Crippen LogP contribution in [0, 0.1) is 11.3 Å². The molecule has 0 saturated heterocycles. The van der Waals surface area contributed by atoms with Crippen molar-refractivity contribution < 1.29 is 17.9 Å². The standard InChI is InChI=1S/C21H22N2O4S/c22-14-18-7-3-4-8-19(18)15-27-21(24)11-12-23-28(25,26)20-10-9-16-5-1-2-6-17(16)13-20/h3-4,7-10,13,23H,1-2,5-6,11-12,15H2. The molecular formula is C21H22N2O4S. The second kappa shape index (κ2) is 9.00. The summed E-state index contributed by atoms with van der Waals surface area (Å²) >= 11 is 0. The average molecular weight is 398 g/mol. The topological polar surface area (TPSA) is 96.3 Å². The molecule has 0 saturated carbocycles. The number of carbonyl (C=O) groups is 1. The molecular weight excluding hydrogens is 376 g/mol. The van der Waals surface area contributed by atoms with Crippen LogP contribution in [-0.2, 0) is 39.0 Å². The molecule has 0 radical (unpaired) electrons. The fourth-order valence-electron chi connectivity index (χ4n) is 3.23. The van der Waals surface area contributed by atoms with Crippen LogP contribution in [-0.4, -0.2) is 20.9 Å². The van der Waals surface area contributed by atoms with E-state index >= 15 is 0 Å². The van der Waals surface area contributed by atoms with E-state index in [9.17, 15) is 13.2 Å². The smallest absolute Gasteiger partial charge is 0.307 e. The fraction of sp³-hybridized carbons (Fsp3) is 0.333. The van der Waals surface area contributed by atoms with Crippen LogP contribution in [0.1, 0.15) is 41.5 Å². The third-order valence-corrected chi connectivity index (χ3v) is 6.24. The summed E-state index contributed by atoms with van der Waals surface area (Å²) in [7, 11) is -3.67. The number of nitrogens with zero attached hydrogens (tertiary/aromatic N) is 1. The average Bonchev–Trinajstić information content (AvgIpc) is 2.72. The number of carbonyl (C=O) groups excluding carboxylic acids is 1. The molecule has 0 amide bonds. The van der Waals surface area contributed by atoms with Crippen LogP contribution >= 0.6 is 0 Å². The van der Waals surface area contributed by atoms with Gasteiger partial charge in [-0.15, -0.1) is 0 Å². The highest BCUT2D eigenvalue weighted by Crippen LogP contribution is 2.24. The van der Waals surface area contributed by atoms with Gasteiger partial charge in [0.1, 0.15) is 6.61 Å². The van der Waals surface area contributed by atoms with Crippen LogP contribution < -0.4 is 4.72 Å². The van der Waals surface area contributed by atoms with Crippen LogP contribution in [0.15, 0.2) is 47.4 Å². The Balaban J connectivity index is 1.51. The van der Waals surface area contributed by atoms with Gasteiger partial charge in [-0.1, -0.05) is 24.3 Å². The van der Waals surface area contributed by atoms with Gasteiger partial charge < -0.3 is 4.74 Å². The first-order valence-electron chi connectivity index (χ1n) is 9.25. The van der Waals surface area contributed by atoms with Gasteiger partial charge in [0.05, 0.1) is 22.9 Å². The molecule has 1 aliphatic carbocycles. The van der Waals surface area contributed by atoms with E-state index in [-0.39, 0.29) is 24.5 Å². The Morgan fingerprint density at radius 3 is 2.64 bits per heavy atom. The highest BCUT2D eigenvalue weighted by atomic mass is 32.2. The first-order valence-corrected chi connectivity index (χ1v) is 10.7. The number of nitriles is 1. The van der Waals surface area contributed by atoms with Gasteiger partial charge in [-0.2, -0.15) is 5.26 Å². The number of hydrogen-bond acceptors (Lipinski definition) is 5. The van der Waals surface area contributed by atoms with Crippen molar-refractivity contribution in [2.75, 3.05) is 6.54 Å². The summed E-state index contributed by atoms with van der Waals surface area (Å²) in [5.41, 5.74) is 3.37. The fourth-order valence-corrected chi connectivity index (χ4v) is 4.32. The van der Waals surface area contributed by atoms with Gasteiger partial charge in [-0.05, 0) is 55.0 Å². The maximum absolute atomic E-state index is 12.5.